The fraction of sp³-hybridized carbons (Fsp3) is 0.188. The summed E-state index contributed by atoms with van der Waals surface area (Å²) in [6.45, 7) is 9.53. The van der Waals surface area contributed by atoms with Crippen molar-refractivity contribution in [2.45, 2.75) is 20.8 Å². The van der Waals surface area contributed by atoms with Gasteiger partial charge < -0.3 is 0 Å². The molecular formula is C16H21N. The van der Waals surface area contributed by atoms with Gasteiger partial charge in [-0.25, -0.2) is 0 Å². The molecule has 0 rings (SSSR count). The summed E-state index contributed by atoms with van der Waals surface area (Å²) in [4.78, 5) is 3.61. The Morgan fingerprint density at radius 2 is 1.71 bits per heavy atom. The number of hydrogen-bond acceptors (Lipinski definition) is 1. The molecule has 0 spiro atoms. The zero-order valence-electron chi connectivity index (χ0n) is 10.9. The second kappa shape index (κ2) is 10.6. The van der Waals surface area contributed by atoms with Crippen LogP contribution in [0, 0.1) is 0 Å². The van der Waals surface area contributed by atoms with Crippen molar-refractivity contribution in [3.05, 3.63) is 72.0 Å². The van der Waals surface area contributed by atoms with E-state index in [0.29, 0.717) is 0 Å². The maximum atomic E-state index is 3.61. The lowest BCUT2D eigenvalue weighted by molar-refractivity contribution is 1.43. The molecule has 0 N–H and O–H groups in total. The van der Waals surface area contributed by atoms with E-state index in [1.54, 1.807) is 6.20 Å². The SMILES string of the molecule is C=N/C=C/C=C\C=C(C)\C=C(C)\C=C/C=C\C. The largest absolute Gasteiger partial charge is 0.273 e. The molecule has 0 aromatic heterocycles. The monoisotopic (exact) mass is 227 g/mol. The Balaban J connectivity index is 4.40. The normalized spacial score (nSPS) is 14.8. The van der Waals surface area contributed by atoms with Gasteiger partial charge in [-0.15, -0.1) is 0 Å². The molecule has 17 heavy (non-hydrogen) atoms. The van der Waals surface area contributed by atoms with Gasteiger partial charge in [0.25, 0.3) is 0 Å². The van der Waals surface area contributed by atoms with Crippen molar-refractivity contribution in [2.75, 3.05) is 0 Å². The molecule has 0 radical (unpaired) electrons. The Morgan fingerprint density at radius 1 is 0.941 bits per heavy atom. The van der Waals surface area contributed by atoms with Crippen LogP contribution < -0.4 is 0 Å². The Labute approximate surface area is 105 Å². The third-order valence-electron chi connectivity index (χ3n) is 1.89. The maximum Gasteiger partial charge on any atom is 0.0260 e. The van der Waals surface area contributed by atoms with E-state index in [1.807, 2.05) is 43.4 Å². The summed E-state index contributed by atoms with van der Waals surface area (Å²) in [6.07, 6.45) is 19.8. The number of aliphatic imine (C=N–C) groups is 1. The molecule has 90 valence electrons. The van der Waals surface area contributed by atoms with Crippen LogP contribution in [0.15, 0.2) is 77.0 Å². The average molecular weight is 227 g/mol. The van der Waals surface area contributed by atoms with Crippen molar-refractivity contribution < 1.29 is 0 Å². The molecule has 0 aliphatic carbocycles. The first-order chi connectivity index (χ1) is 8.20. The Bertz CT molecular complexity index is 388. The van der Waals surface area contributed by atoms with Crippen LogP contribution in [0.5, 0.6) is 0 Å². The van der Waals surface area contributed by atoms with Gasteiger partial charge in [0.2, 0.25) is 0 Å². The van der Waals surface area contributed by atoms with Crippen molar-refractivity contribution in [1.82, 2.24) is 0 Å². The Hall–Kier alpha value is -1.89. The second-order valence-electron chi connectivity index (χ2n) is 3.59. The lowest BCUT2D eigenvalue weighted by atomic mass is 10.1. The van der Waals surface area contributed by atoms with E-state index in [1.165, 1.54) is 11.1 Å². The number of rotatable bonds is 6. The van der Waals surface area contributed by atoms with Gasteiger partial charge in [-0.1, -0.05) is 59.8 Å². The molecule has 0 saturated heterocycles. The summed E-state index contributed by atoms with van der Waals surface area (Å²) in [6, 6.07) is 0. The van der Waals surface area contributed by atoms with Crippen LogP contribution in [0.4, 0.5) is 0 Å². The van der Waals surface area contributed by atoms with Gasteiger partial charge in [-0.3, -0.25) is 4.99 Å². The van der Waals surface area contributed by atoms with E-state index in [0.717, 1.165) is 0 Å². The van der Waals surface area contributed by atoms with Gasteiger partial charge >= 0.3 is 0 Å². The Kier molecular flexibility index (Phi) is 9.44. The van der Waals surface area contributed by atoms with Crippen molar-refractivity contribution in [1.29, 1.82) is 0 Å². The highest BCUT2D eigenvalue weighted by Gasteiger charge is 1.82. The summed E-state index contributed by atoms with van der Waals surface area (Å²) in [5.41, 5.74) is 2.44. The fourth-order valence-electron chi connectivity index (χ4n) is 1.16. The lowest BCUT2D eigenvalue weighted by Crippen LogP contribution is -1.71. The molecule has 0 aliphatic rings. The van der Waals surface area contributed by atoms with Crippen LogP contribution in [0.1, 0.15) is 20.8 Å². The van der Waals surface area contributed by atoms with Gasteiger partial charge in [0.05, 0.1) is 0 Å². The average Bonchev–Trinajstić information content (AvgIpc) is 2.29. The molecule has 0 aromatic carbocycles. The highest BCUT2D eigenvalue weighted by atomic mass is 14.6. The van der Waals surface area contributed by atoms with Crippen LogP contribution in [-0.4, -0.2) is 6.72 Å². The Morgan fingerprint density at radius 3 is 2.35 bits per heavy atom. The minimum atomic E-state index is 1.21. The summed E-state index contributed by atoms with van der Waals surface area (Å²) in [5, 5.41) is 0. The highest BCUT2D eigenvalue weighted by Crippen LogP contribution is 2.03. The number of hydrogen-bond donors (Lipinski definition) is 0. The zero-order valence-corrected chi connectivity index (χ0v) is 10.9. The molecule has 1 heteroatoms. The lowest BCUT2D eigenvalue weighted by Gasteiger charge is -1.92. The van der Waals surface area contributed by atoms with Gasteiger partial charge in [0, 0.05) is 6.20 Å². The van der Waals surface area contributed by atoms with Crippen LogP contribution in [-0.2, 0) is 0 Å². The first-order valence-corrected chi connectivity index (χ1v) is 5.64. The molecule has 0 bridgehead atoms. The van der Waals surface area contributed by atoms with E-state index < -0.39 is 0 Å². The molecule has 0 amide bonds. The van der Waals surface area contributed by atoms with Crippen LogP contribution in [0.3, 0.4) is 0 Å². The number of allylic oxidation sites excluding steroid dienone is 11. The van der Waals surface area contributed by atoms with E-state index in [9.17, 15) is 0 Å². The van der Waals surface area contributed by atoms with E-state index in [4.69, 9.17) is 0 Å². The predicted octanol–water partition coefficient (Wildman–Crippen LogP) is 4.78. The molecule has 0 unspecified atom stereocenters. The first kappa shape index (κ1) is 15.1. The van der Waals surface area contributed by atoms with Gasteiger partial charge in [-0.05, 0) is 33.6 Å². The molecule has 0 aromatic rings. The predicted molar refractivity (Wildman–Crippen MR) is 79.3 cm³/mol. The third kappa shape index (κ3) is 10.4. The topological polar surface area (TPSA) is 12.4 Å². The van der Waals surface area contributed by atoms with Crippen LogP contribution in [0.2, 0.25) is 0 Å². The fourth-order valence-corrected chi connectivity index (χ4v) is 1.16. The summed E-state index contributed by atoms with van der Waals surface area (Å²) >= 11 is 0. The molecule has 0 fully saturated rings. The molecule has 0 atom stereocenters. The van der Waals surface area contributed by atoms with E-state index >= 15 is 0 Å². The first-order valence-electron chi connectivity index (χ1n) is 5.64. The van der Waals surface area contributed by atoms with Crippen molar-refractivity contribution in [3.63, 3.8) is 0 Å². The molecule has 0 heterocycles. The van der Waals surface area contributed by atoms with Crippen LogP contribution in [0.25, 0.3) is 0 Å². The maximum absolute atomic E-state index is 3.61. The minimum absolute atomic E-state index is 1.21. The summed E-state index contributed by atoms with van der Waals surface area (Å²) < 4.78 is 0. The quantitative estimate of drug-likeness (QED) is 0.457. The van der Waals surface area contributed by atoms with Gasteiger partial charge in [0.1, 0.15) is 0 Å². The molecule has 0 saturated carbocycles. The van der Waals surface area contributed by atoms with E-state index in [-0.39, 0.29) is 0 Å². The molecule has 1 nitrogen and oxygen atoms in total. The number of nitrogens with zero attached hydrogens (tertiary/aromatic N) is 1. The minimum Gasteiger partial charge on any atom is -0.273 e. The van der Waals surface area contributed by atoms with Crippen LogP contribution >= 0.6 is 0 Å². The summed E-state index contributed by atoms with van der Waals surface area (Å²) in [7, 11) is 0. The highest BCUT2D eigenvalue weighted by molar-refractivity contribution is 5.31. The zero-order chi connectivity index (χ0) is 12.9. The van der Waals surface area contributed by atoms with Crippen molar-refractivity contribution >= 4 is 6.72 Å². The smallest absolute Gasteiger partial charge is 0.0260 e. The van der Waals surface area contributed by atoms with Crippen molar-refractivity contribution in [2.24, 2.45) is 4.99 Å². The third-order valence-corrected chi connectivity index (χ3v) is 1.89. The van der Waals surface area contributed by atoms with Crippen molar-refractivity contribution in [3.8, 4) is 0 Å². The van der Waals surface area contributed by atoms with Gasteiger partial charge in [0.15, 0.2) is 0 Å². The van der Waals surface area contributed by atoms with E-state index in [2.05, 4.69) is 43.8 Å². The second-order valence-corrected chi connectivity index (χ2v) is 3.59. The van der Waals surface area contributed by atoms with Gasteiger partial charge in [-0.2, -0.15) is 0 Å². The molecular weight excluding hydrogens is 206 g/mol. The molecule has 0 aliphatic heterocycles. The summed E-state index contributed by atoms with van der Waals surface area (Å²) in [5.74, 6) is 0. The standard InChI is InChI=1S/C16H21N/c1-5-6-8-11-15(2)14-16(3)12-9-7-10-13-17-4/h5-14H,4H2,1-3H3/b6-5-,9-7-,11-8-,13-10+,15-14+,16-12+.